The van der Waals surface area contributed by atoms with Gasteiger partial charge in [0.2, 0.25) is 18.4 Å². The van der Waals surface area contributed by atoms with Gasteiger partial charge in [-0.15, -0.1) is 0 Å². The maximum Gasteiger partial charge on any atom is 0.334 e. The number of carboxylic acids is 1. The third-order valence-electron chi connectivity index (χ3n) is 11.5. The number of aliphatic hydroxyl groups is 5. The van der Waals surface area contributed by atoms with Gasteiger partial charge in [0, 0.05) is 42.8 Å². The molecule has 9 N–H and O–H groups in total. The third kappa shape index (κ3) is 9.07. The van der Waals surface area contributed by atoms with Crippen molar-refractivity contribution >= 4 is 40.1 Å². The van der Waals surface area contributed by atoms with Crippen LogP contribution < -0.4 is 20.3 Å². The molecule has 0 saturated carbocycles. The number of esters is 1. The van der Waals surface area contributed by atoms with Crippen molar-refractivity contribution in [3.05, 3.63) is 107 Å². The zero-order valence-electron chi connectivity index (χ0n) is 35.2. The first-order chi connectivity index (χ1) is 31.1. The van der Waals surface area contributed by atoms with Crippen molar-refractivity contribution in [3.63, 3.8) is 0 Å². The van der Waals surface area contributed by atoms with Gasteiger partial charge >= 0.3 is 11.9 Å². The fourth-order valence-corrected chi connectivity index (χ4v) is 8.20. The van der Waals surface area contributed by atoms with Crippen LogP contribution in [0.25, 0.3) is 44.3 Å². The number of hydrogen-bond acceptors (Lipinski definition) is 16. The topological polar surface area (TPSA) is 293 Å². The van der Waals surface area contributed by atoms with Crippen molar-refractivity contribution in [2.24, 2.45) is 0 Å². The molecule has 1 saturated heterocycles. The second-order valence-corrected chi connectivity index (χ2v) is 15.9. The van der Waals surface area contributed by atoms with Crippen molar-refractivity contribution in [2.45, 2.75) is 75.0 Å². The number of carboxylic acid groups (broad SMARTS) is 1. The highest BCUT2D eigenvalue weighted by Gasteiger charge is 2.70. The standard InChI is InChI=1S/C46H49N3O16/c1-25-17-26(2)19-29(18-25)39-37-28(12-14-48-37)21-49(39)65-41-44(63-31-10-11-32-34(20-31)61-22-33(40(32)55)27-6-8-30(53)9-7-27)64-36(23-62-43(58)38(42(56)57)47-13-4-16-51)45(59,24-52)46(41,60)35(54)5-3-15-50/h6-12,14,16-22,35-36,38,41,44,47-48,50,52-54,59-60H,3-5,13,15,23-24H2,1-2H3,(H,56,57). The number of rotatable bonds is 19. The molecule has 344 valence electrons. The van der Waals surface area contributed by atoms with Crippen molar-refractivity contribution < 1.29 is 73.6 Å². The number of carbonyl (C=O) groups is 3. The summed E-state index contributed by atoms with van der Waals surface area (Å²) in [6, 6.07) is 15.6. The van der Waals surface area contributed by atoms with E-state index in [0.717, 1.165) is 11.1 Å². The highest BCUT2D eigenvalue weighted by atomic mass is 16.8. The van der Waals surface area contributed by atoms with E-state index >= 15 is 0 Å². The Kier molecular flexibility index (Phi) is 13.8. The number of ether oxygens (including phenoxy) is 3. The number of nitrogens with one attached hydrogen (secondary N) is 2. The molecular formula is C46H49N3O16. The summed E-state index contributed by atoms with van der Waals surface area (Å²) >= 11 is 0. The molecule has 1 aliphatic rings. The maximum atomic E-state index is 13.7. The van der Waals surface area contributed by atoms with Gasteiger partial charge in [-0.3, -0.25) is 10.1 Å². The molecule has 0 spiro atoms. The molecule has 1 aliphatic heterocycles. The molecule has 19 nitrogen and oxygen atoms in total. The predicted molar refractivity (Wildman–Crippen MR) is 231 cm³/mol. The smallest absolute Gasteiger partial charge is 0.334 e. The molecule has 19 heteroatoms. The largest absolute Gasteiger partial charge is 0.508 e. The molecule has 1 fully saturated rings. The van der Waals surface area contributed by atoms with Gasteiger partial charge in [-0.2, -0.15) is 4.73 Å². The first-order valence-electron chi connectivity index (χ1n) is 20.7. The zero-order chi connectivity index (χ0) is 46.6. The third-order valence-corrected chi connectivity index (χ3v) is 11.5. The Morgan fingerprint density at radius 1 is 1.02 bits per heavy atom. The minimum absolute atomic E-state index is 0.00184. The molecular weight excluding hydrogens is 851 g/mol. The average molecular weight is 900 g/mol. The minimum atomic E-state index is -3.04. The van der Waals surface area contributed by atoms with Gasteiger partial charge in [-0.1, -0.05) is 29.3 Å². The van der Waals surface area contributed by atoms with Crippen LogP contribution in [0.5, 0.6) is 11.5 Å². The molecule has 0 bridgehead atoms. The lowest BCUT2D eigenvalue weighted by atomic mass is 9.68. The number of phenols is 1. The van der Waals surface area contributed by atoms with Crippen LogP contribution in [0.1, 0.15) is 30.4 Å². The second kappa shape index (κ2) is 19.3. The Hall–Kier alpha value is -6.58. The van der Waals surface area contributed by atoms with Crippen LogP contribution in [0, 0.1) is 13.8 Å². The first kappa shape index (κ1) is 46.4. The number of aromatic amines is 1. The highest BCUT2D eigenvalue weighted by Crippen LogP contribution is 2.44. The number of aliphatic hydroxyl groups excluding tert-OH is 3. The van der Waals surface area contributed by atoms with E-state index in [9.17, 15) is 54.9 Å². The van der Waals surface area contributed by atoms with Crippen LogP contribution in [0.3, 0.4) is 0 Å². The molecule has 3 aromatic carbocycles. The molecule has 7 atom stereocenters. The van der Waals surface area contributed by atoms with Crippen molar-refractivity contribution in [2.75, 3.05) is 26.4 Å². The van der Waals surface area contributed by atoms with Gasteiger partial charge < -0.3 is 69.0 Å². The molecule has 6 aromatic rings. The van der Waals surface area contributed by atoms with Crippen LogP contribution >= 0.6 is 0 Å². The quantitative estimate of drug-likeness (QED) is 0.0243. The summed E-state index contributed by atoms with van der Waals surface area (Å²) in [5.41, 5.74) is -2.24. The van der Waals surface area contributed by atoms with E-state index in [1.807, 2.05) is 32.0 Å². The number of hydrogen-bond donors (Lipinski definition) is 9. The Morgan fingerprint density at radius 2 is 1.75 bits per heavy atom. The lowest BCUT2D eigenvalue weighted by Gasteiger charge is -2.56. The van der Waals surface area contributed by atoms with Crippen molar-refractivity contribution in [1.29, 1.82) is 0 Å². The lowest BCUT2D eigenvalue weighted by molar-refractivity contribution is -0.380. The number of aliphatic carboxylic acids is 1. The Labute approximate surface area is 369 Å². The van der Waals surface area contributed by atoms with E-state index in [1.165, 1.54) is 41.3 Å². The number of carbonyl (C=O) groups excluding carboxylic acids is 2. The fraction of sp³-hybridized carbons (Fsp3) is 0.348. The van der Waals surface area contributed by atoms with Gasteiger partial charge in [0.15, 0.2) is 16.6 Å². The Bertz CT molecular complexity index is 2710. The summed E-state index contributed by atoms with van der Waals surface area (Å²) in [6.07, 6.45) is -3.59. The number of aryl methyl sites for hydroxylation is 2. The molecule has 7 rings (SSSR count). The fourth-order valence-electron chi connectivity index (χ4n) is 8.20. The van der Waals surface area contributed by atoms with E-state index < -0.39 is 85.5 Å². The second-order valence-electron chi connectivity index (χ2n) is 15.9. The van der Waals surface area contributed by atoms with E-state index in [-0.39, 0.29) is 47.4 Å². The highest BCUT2D eigenvalue weighted by molar-refractivity contribution is 5.98. The number of phenolic OH excluding ortho intramolecular Hbond substituents is 1. The van der Waals surface area contributed by atoms with Crippen LogP contribution in [0.15, 0.2) is 94.6 Å². The Morgan fingerprint density at radius 3 is 2.43 bits per heavy atom. The molecule has 0 aliphatic carbocycles. The lowest BCUT2D eigenvalue weighted by Crippen LogP contribution is -2.82. The number of aldehydes is 1. The van der Waals surface area contributed by atoms with Crippen molar-refractivity contribution in [3.8, 4) is 33.9 Å². The maximum absolute atomic E-state index is 13.7. The summed E-state index contributed by atoms with van der Waals surface area (Å²) in [7, 11) is 0. The number of nitrogens with zero attached hydrogens (tertiary/aromatic N) is 1. The van der Waals surface area contributed by atoms with Gasteiger partial charge in [0.05, 0.1) is 35.4 Å². The summed E-state index contributed by atoms with van der Waals surface area (Å²) in [4.78, 5) is 59.6. The van der Waals surface area contributed by atoms with Crippen molar-refractivity contribution in [1.82, 2.24) is 15.0 Å². The summed E-state index contributed by atoms with van der Waals surface area (Å²) in [5.74, 6) is -3.10. The Balaban J connectivity index is 1.35. The van der Waals surface area contributed by atoms with Gasteiger partial charge in [0.1, 0.15) is 48.0 Å². The van der Waals surface area contributed by atoms with Gasteiger partial charge in [0.25, 0.3) is 0 Å². The summed E-state index contributed by atoms with van der Waals surface area (Å²) in [6.45, 7) is 0.736. The van der Waals surface area contributed by atoms with E-state index in [2.05, 4.69) is 10.3 Å². The number of H-pyrrole nitrogens is 1. The van der Waals surface area contributed by atoms with E-state index in [1.54, 1.807) is 30.6 Å². The minimum Gasteiger partial charge on any atom is -0.508 e. The summed E-state index contributed by atoms with van der Waals surface area (Å²) in [5, 5.41) is 81.1. The first-order valence-corrected chi connectivity index (χ1v) is 20.7. The number of fused-ring (bicyclic) bond motifs is 2. The van der Waals surface area contributed by atoms with Crippen LogP contribution in [-0.4, -0.2) is 132 Å². The van der Waals surface area contributed by atoms with E-state index in [4.69, 9.17) is 23.5 Å². The monoisotopic (exact) mass is 899 g/mol. The van der Waals surface area contributed by atoms with Crippen LogP contribution in [0.4, 0.5) is 0 Å². The number of aromatic nitrogens is 2. The SMILES string of the molecule is Cc1cc(C)cc(-c2c3[nH]ccc3cn2OC2C(Oc3ccc4c(=O)c(-c5ccc(O)cc5)coc4c3)OC(COC(=O)C(NCCC=O)C(=O)O)C(O)(CO)C2(O)C(O)CCCO)c1. The summed E-state index contributed by atoms with van der Waals surface area (Å²) < 4.78 is 25.1. The molecule has 4 heterocycles. The molecule has 65 heavy (non-hydrogen) atoms. The van der Waals surface area contributed by atoms with Gasteiger partial charge in [-0.25, -0.2) is 9.59 Å². The number of aromatic hydroxyl groups is 1. The number of benzene rings is 3. The van der Waals surface area contributed by atoms with E-state index in [0.29, 0.717) is 34.0 Å². The predicted octanol–water partition coefficient (Wildman–Crippen LogP) is 2.10. The van der Waals surface area contributed by atoms with Crippen LogP contribution in [-0.2, 0) is 23.9 Å². The normalized spacial score (nSPS) is 21.8. The molecule has 3 aromatic heterocycles. The average Bonchev–Trinajstić information content (AvgIpc) is 3.87. The molecule has 0 amide bonds. The zero-order valence-corrected chi connectivity index (χ0v) is 35.2. The van der Waals surface area contributed by atoms with Gasteiger partial charge in [-0.05, 0) is 74.7 Å². The van der Waals surface area contributed by atoms with Crippen LogP contribution in [0.2, 0.25) is 0 Å². The molecule has 7 unspecified atom stereocenters. The molecule has 0 radical (unpaired) electrons.